The number of aromatic amines is 1. The molecule has 0 fully saturated rings. The monoisotopic (exact) mass is 279 g/mol. The molecule has 1 aromatic heterocycles. The van der Waals surface area contributed by atoms with Gasteiger partial charge in [-0.15, -0.1) is 5.10 Å². The SMILES string of the molecule is COc1ccc(-c2nc(SC(C)C)n[nH]2)c(OC)c1. The van der Waals surface area contributed by atoms with Crippen molar-refractivity contribution in [3.8, 4) is 22.9 Å². The molecular formula is C13H17N3O2S. The number of hydrogen-bond acceptors (Lipinski definition) is 5. The third kappa shape index (κ3) is 3.20. The molecule has 0 aliphatic rings. The summed E-state index contributed by atoms with van der Waals surface area (Å²) in [6.07, 6.45) is 0. The average molecular weight is 279 g/mol. The van der Waals surface area contributed by atoms with E-state index in [2.05, 4.69) is 29.0 Å². The van der Waals surface area contributed by atoms with Gasteiger partial charge in [0.1, 0.15) is 11.5 Å². The number of ether oxygens (including phenoxy) is 2. The zero-order valence-corrected chi connectivity index (χ0v) is 12.2. The zero-order valence-electron chi connectivity index (χ0n) is 11.4. The van der Waals surface area contributed by atoms with Gasteiger partial charge in [0.15, 0.2) is 5.82 Å². The molecule has 1 aromatic carbocycles. The van der Waals surface area contributed by atoms with Gasteiger partial charge in [0, 0.05) is 11.3 Å². The van der Waals surface area contributed by atoms with Gasteiger partial charge in [-0.1, -0.05) is 25.6 Å². The number of aromatic nitrogens is 3. The molecule has 19 heavy (non-hydrogen) atoms. The molecule has 2 rings (SSSR count). The fourth-order valence-electron chi connectivity index (χ4n) is 1.62. The molecule has 0 unspecified atom stereocenters. The van der Waals surface area contributed by atoms with Crippen molar-refractivity contribution in [3.63, 3.8) is 0 Å². The van der Waals surface area contributed by atoms with Crippen LogP contribution in [0.5, 0.6) is 11.5 Å². The molecule has 1 N–H and O–H groups in total. The van der Waals surface area contributed by atoms with Crippen LogP contribution in [0.2, 0.25) is 0 Å². The number of methoxy groups -OCH3 is 2. The summed E-state index contributed by atoms with van der Waals surface area (Å²) in [6.45, 7) is 4.21. The summed E-state index contributed by atoms with van der Waals surface area (Å²) in [5.74, 6) is 2.15. The van der Waals surface area contributed by atoms with Crippen LogP contribution in [0.3, 0.4) is 0 Å². The predicted molar refractivity (Wildman–Crippen MR) is 75.9 cm³/mol. The van der Waals surface area contributed by atoms with Crippen LogP contribution in [-0.2, 0) is 0 Å². The number of nitrogens with one attached hydrogen (secondary N) is 1. The quantitative estimate of drug-likeness (QED) is 0.853. The molecule has 2 aromatic rings. The van der Waals surface area contributed by atoms with Crippen LogP contribution in [0.1, 0.15) is 13.8 Å². The lowest BCUT2D eigenvalue weighted by molar-refractivity contribution is 0.395. The van der Waals surface area contributed by atoms with Crippen molar-refractivity contribution in [2.45, 2.75) is 24.3 Å². The molecule has 6 heteroatoms. The van der Waals surface area contributed by atoms with E-state index >= 15 is 0 Å². The van der Waals surface area contributed by atoms with Crippen molar-refractivity contribution in [1.29, 1.82) is 0 Å². The van der Waals surface area contributed by atoms with Crippen molar-refractivity contribution in [2.75, 3.05) is 14.2 Å². The molecule has 0 saturated heterocycles. The summed E-state index contributed by atoms with van der Waals surface area (Å²) in [6, 6.07) is 5.60. The topological polar surface area (TPSA) is 60.0 Å². The molecule has 0 spiro atoms. The Bertz CT molecular complexity index is 555. The van der Waals surface area contributed by atoms with Crippen LogP contribution < -0.4 is 9.47 Å². The second kappa shape index (κ2) is 5.97. The van der Waals surface area contributed by atoms with E-state index in [1.54, 1.807) is 26.0 Å². The lowest BCUT2D eigenvalue weighted by atomic mass is 10.2. The Labute approximate surface area is 116 Å². The Morgan fingerprint density at radius 3 is 2.63 bits per heavy atom. The van der Waals surface area contributed by atoms with Gasteiger partial charge < -0.3 is 9.47 Å². The van der Waals surface area contributed by atoms with Crippen LogP contribution in [0.4, 0.5) is 0 Å². The first-order chi connectivity index (χ1) is 9.13. The number of rotatable bonds is 5. The second-order valence-electron chi connectivity index (χ2n) is 4.20. The normalized spacial score (nSPS) is 10.8. The summed E-state index contributed by atoms with van der Waals surface area (Å²) < 4.78 is 10.5. The third-order valence-electron chi connectivity index (χ3n) is 2.47. The largest absolute Gasteiger partial charge is 0.497 e. The number of thioether (sulfide) groups is 1. The van der Waals surface area contributed by atoms with Crippen molar-refractivity contribution >= 4 is 11.8 Å². The highest BCUT2D eigenvalue weighted by Crippen LogP contribution is 2.32. The molecule has 0 atom stereocenters. The van der Waals surface area contributed by atoms with Crippen LogP contribution in [0.15, 0.2) is 23.4 Å². The minimum absolute atomic E-state index is 0.446. The average Bonchev–Trinajstić information content (AvgIpc) is 2.85. The highest BCUT2D eigenvalue weighted by atomic mass is 32.2. The predicted octanol–water partition coefficient (Wildman–Crippen LogP) is 2.99. The fraction of sp³-hybridized carbons (Fsp3) is 0.385. The molecule has 1 heterocycles. The van der Waals surface area contributed by atoms with E-state index in [0.717, 1.165) is 16.5 Å². The Kier molecular flexibility index (Phi) is 4.31. The Balaban J connectivity index is 2.33. The number of nitrogens with zero attached hydrogens (tertiary/aromatic N) is 2. The van der Waals surface area contributed by atoms with Gasteiger partial charge in [0.25, 0.3) is 0 Å². The molecule has 0 radical (unpaired) electrons. The van der Waals surface area contributed by atoms with Gasteiger partial charge >= 0.3 is 0 Å². The number of H-pyrrole nitrogens is 1. The minimum atomic E-state index is 0.446. The highest BCUT2D eigenvalue weighted by molar-refractivity contribution is 7.99. The van der Waals surface area contributed by atoms with Gasteiger partial charge in [-0.2, -0.15) is 0 Å². The van der Waals surface area contributed by atoms with E-state index in [4.69, 9.17) is 9.47 Å². The first-order valence-corrected chi connectivity index (χ1v) is 6.83. The maximum Gasteiger partial charge on any atom is 0.208 e. The summed E-state index contributed by atoms with van der Waals surface area (Å²) in [5.41, 5.74) is 0.867. The van der Waals surface area contributed by atoms with E-state index in [9.17, 15) is 0 Å². The van der Waals surface area contributed by atoms with Gasteiger partial charge in [-0.25, -0.2) is 4.98 Å². The smallest absolute Gasteiger partial charge is 0.208 e. The van der Waals surface area contributed by atoms with E-state index in [1.165, 1.54) is 0 Å². The molecule has 0 saturated carbocycles. The highest BCUT2D eigenvalue weighted by Gasteiger charge is 2.13. The summed E-state index contributed by atoms with van der Waals surface area (Å²) in [4.78, 5) is 4.46. The maximum absolute atomic E-state index is 5.36. The molecule has 0 aliphatic carbocycles. The molecule has 0 bridgehead atoms. The Morgan fingerprint density at radius 1 is 1.21 bits per heavy atom. The van der Waals surface area contributed by atoms with Gasteiger partial charge in [0.2, 0.25) is 5.16 Å². The van der Waals surface area contributed by atoms with Gasteiger partial charge in [-0.3, -0.25) is 5.10 Å². The Hall–Kier alpha value is -1.69. The number of hydrogen-bond donors (Lipinski definition) is 1. The van der Waals surface area contributed by atoms with E-state index in [-0.39, 0.29) is 0 Å². The first-order valence-electron chi connectivity index (χ1n) is 5.95. The van der Waals surface area contributed by atoms with Crippen molar-refractivity contribution in [2.24, 2.45) is 0 Å². The van der Waals surface area contributed by atoms with Crippen molar-refractivity contribution in [3.05, 3.63) is 18.2 Å². The summed E-state index contributed by atoms with van der Waals surface area (Å²) in [7, 11) is 3.25. The van der Waals surface area contributed by atoms with Gasteiger partial charge in [0.05, 0.1) is 19.8 Å². The lowest BCUT2D eigenvalue weighted by Gasteiger charge is -2.07. The molecule has 0 aliphatic heterocycles. The van der Waals surface area contributed by atoms with Crippen molar-refractivity contribution < 1.29 is 9.47 Å². The molecule has 102 valence electrons. The number of benzene rings is 1. The minimum Gasteiger partial charge on any atom is -0.497 e. The summed E-state index contributed by atoms with van der Waals surface area (Å²) >= 11 is 1.62. The fourth-order valence-corrected chi connectivity index (χ4v) is 2.29. The standard InChI is InChI=1S/C13H17N3O2S/c1-8(2)19-13-14-12(15-16-13)10-6-5-9(17-3)7-11(10)18-4/h5-8H,1-4H3,(H,14,15,16). The van der Waals surface area contributed by atoms with Crippen LogP contribution in [0, 0.1) is 0 Å². The van der Waals surface area contributed by atoms with Crippen molar-refractivity contribution in [1.82, 2.24) is 15.2 Å². The zero-order chi connectivity index (χ0) is 13.8. The molecule has 5 nitrogen and oxygen atoms in total. The molecule has 0 amide bonds. The maximum atomic E-state index is 5.36. The van der Waals surface area contributed by atoms with E-state index in [0.29, 0.717) is 16.8 Å². The third-order valence-corrected chi connectivity index (χ3v) is 3.33. The lowest BCUT2D eigenvalue weighted by Crippen LogP contribution is -1.91. The molecular weight excluding hydrogens is 262 g/mol. The van der Waals surface area contributed by atoms with E-state index in [1.807, 2.05) is 18.2 Å². The van der Waals surface area contributed by atoms with E-state index < -0.39 is 0 Å². The van der Waals surface area contributed by atoms with Crippen LogP contribution in [0.25, 0.3) is 11.4 Å². The first kappa shape index (κ1) is 13.7. The second-order valence-corrected chi connectivity index (χ2v) is 5.74. The van der Waals surface area contributed by atoms with Crippen LogP contribution >= 0.6 is 11.8 Å². The Morgan fingerprint density at radius 2 is 2.00 bits per heavy atom. The summed E-state index contributed by atoms with van der Waals surface area (Å²) in [5, 5.41) is 8.31. The van der Waals surface area contributed by atoms with Gasteiger partial charge in [-0.05, 0) is 12.1 Å². The van der Waals surface area contributed by atoms with Crippen LogP contribution in [-0.4, -0.2) is 34.7 Å².